The van der Waals surface area contributed by atoms with Gasteiger partial charge in [-0.3, -0.25) is 4.90 Å². The number of halogens is 1. The number of hydrogen-bond acceptors (Lipinski definition) is 3. The predicted octanol–water partition coefficient (Wildman–Crippen LogP) is 2.19. The fraction of sp³-hybridized carbons (Fsp3) is 0.625. The van der Waals surface area contributed by atoms with Gasteiger partial charge in [-0.25, -0.2) is 4.39 Å². The van der Waals surface area contributed by atoms with Crippen LogP contribution in [0.3, 0.4) is 0 Å². The maximum atomic E-state index is 13.3. The maximum absolute atomic E-state index is 13.3. The van der Waals surface area contributed by atoms with E-state index in [9.17, 15) is 4.39 Å². The molecule has 3 unspecified atom stereocenters. The monoisotopic (exact) mass is 280 g/mol. The highest BCUT2D eigenvalue weighted by atomic mass is 19.1. The van der Waals surface area contributed by atoms with Crippen molar-refractivity contribution >= 4 is 0 Å². The Morgan fingerprint density at radius 1 is 1.50 bits per heavy atom. The van der Waals surface area contributed by atoms with Crippen LogP contribution in [0.2, 0.25) is 0 Å². The van der Waals surface area contributed by atoms with Crippen molar-refractivity contribution < 1.29 is 9.13 Å². The van der Waals surface area contributed by atoms with Crippen LogP contribution in [0.1, 0.15) is 25.8 Å². The van der Waals surface area contributed by atoms with Gasteiger partial charge in [-0.15, -0.1) is 0 Å². The first kappa shape index (κ1) is 15.4. The maximum Gasteiger partial charge on any atom is 0.123 e. The Balaban J connectivity index is 2.15. The molecule has 1 fully saturated rings. The van der Waals surface area contributed by atoms with E-state index in [1.54, 1.807) is 12.1 Å². The molecule has 4 heteroatoms. The Morgan fingerprint density at radius 3 is 2.80 bits per heavy atom. The van der Waals surface area contributed by atoms with E-state index in [-0.39, 0.29) is 17.5 Å². The Morgan fingerprint density at radius 2 is 2.25 bits per heavy atom. The lowest BCUT2D eigenvalue weighted by Gasteiger charge is -2.43. The molecule has 1 aromatic carbocycles. The fourth-order valence-electron chi connectivity index (χ4n) is 3.06. The summed E-state index contributed by atoms with van der Waals surface area (Å²) >= 11 is 0. The minimum Gasteiger partial charge on any atom is -0.377 e. The van der Waals surface area contributed by atoms with Gasteiger partial charge in [0.05, 0.1) is 6.10 Å². The lowest BCUT2D eigenvalue weighted by Crippen LogP contribution is -2.56. The molecule has 0 spiro atoms. The molecular weight excluding hydrogens is 255 g/mol. The molecule has 3 nitrogen and oxygen atoms in total. The van der Waals surface area contributed by atoms with E-state index in [1.165, 1.54) is 6.07 Å². The van der Waals surface area contributed by atoms with Gasteiger partial charge in [-0.1, -0.05) is 12.1 Å². The van der Waals surface area contributed by atoms with Crippen LogP contribution < -0.4 is 5.73 Å². The van der Waals surface area contributed by atoms with Gasteiger partial charge in [-0.05, 0) is 51.4 Å². The van der Waals surface area contributed by atoms with Crippen LogP contribution in [-0.2, 0) is 11.2 Å². The lowest BCUT2D eigenvalue weighted by atomic mass is 9.89. The van der Waals surface area contributed by atoms with Crippen molar-refractivity contribution in [2.45, 2.75) is 44.4 Å². The molecule has 0 amide bonds. The van der Waals surface area contributed by atoms with Gasteiger partial charge in [0.1, 0.15) is 5.82 Å². The van der Waals surface area contributed by atoms with Gasteiger partial charge in [0.25, 0.3) is 0 Å². The molecule has 0 aliphatic carbocycles. The van der Waals surface area contributed by atoms with Crippen molar-refractivity contribution in [3.63, 3.8) is 0 Å². The molecule has 1 aromatic rings. The summed E-state index contributed by atoms with van der Waals surface area (Å²) in [5.74, 6) is -0.193. The van der Waals surface area contributed by atoms with Crippen molar-refractivity contribution in [2.75, 3.05) is 20.2 Å². The highest BCUT2D eigenvalue weighted by Crippen LogP contribution is 2.27. The first-order valence-corrected chi connectivity index (χ1v) is 7.25. The number of nitrogens with zero attached hydrogens (tertiary/aromatic N) is 1. The molecule has 2 rings (SSSR count). The van der Waals surface area contributed by atoms with Gasteiger partial charge < -0.3 is 10.5 Å². The number of hydrogen-bond donors (Lipinski definition) is 1. The zero-order valence-corrected chi connectivity index (χ0v) is 12.6. The van der Waals surface area contributed by atoms with Gasteiger partial charge in [0.15, 0.2) is 0 Å². The van der Waals surface area contributed by atoms with Crippen LogP contribution in [0.4, 0.5) is 4.39 Å². The number of likely N-dealkylation sites (N-methyl/N-ethyl adjacent to an activating group) is 1. The highest BCUT2D eigenvalue weighted by molar-refractivity contribution is 5.19. The third-order valence-electron chi connectivity index (χ3n) is 4.60. The Bertz CT molecular complexity index is 454. The van der Waals surface area contributed by atoms with E-state index < -0.39 is 0 Å². The first-order valence-electron chi connectivity index (χ1n) is 7.25. The summed E-state index contributed by atoms with van der Waals surface area (Å²) in [7, 11) is 2.10. The molecule has 2 N–H and O–H groups in total. The molecule has 20 heavy (non-hydrogen) atoms. The van der Waals surface area contributed by atoms with Crippen LogP contribution in [0.25, 0.3) is 0 Å². The molecule has 1 heterocycles. The molecule has 1 aliphatic heterocycles. The SMILES string of the molecule is CC1OCCC1N(C)C(C)(CN)Cc1cccc(F)c1. The largest absolute Gasteiger partial charge is 0.377 e. The molecule has 1 saturated heterocycles. The van der Waals surface area contributed by atoms with E-state index in [2.05, 4.69) is 25.8 Å². The van der Waals surface area contributed by atoms with Gasteiger partial charge in [0, 0.05) is 24.7 Å². The van der Waals surface area contributed by atoms with Crippen molar-refractivity contribution in [1.29, 1.82) is 0 Å². The van der Waals surface area contributed by atoms with Gasteiger partial charge in [-0.2, -0.15) is 0 Å². The quantitative estimate of drug-likeness (QED) is 0.898. The molecule has 0 saturated carbocycles. The molecule has 112 valence electrons. The van der Waals surface area contributed by atoms with E-state index >= 15 is 0 Å². The number of rotatable bonds is 5. The second-order valence-corrected chi connectivity index (χ2v) is 6.05. The van der Waals surface area contributed by atoms with Crippen LogP contribution in [0.5, 0.6) is 0 Å². The number of ether oxygens (including phenoxy) is 1. The summed E-state index contributed by atoms with van der Waals surface area (Å²) in [6, 6.07) is 7.15. The number of benzene rings is 1. The predicted molar refractivity (Wildman–Crippen MR) is 79.1 cm³/mol. The summed E-state index contributed by atoms with van der Waals surface area (Å²) in [5.41, 5.74) is 6.82. The zero-order chi connectivity index (χ0) is 14.8. The standard InChI is InChI=1S/C16H25FN2O/c1-12-15(7-8-20-12)19(3)16(2,11-18)10-13-5-4-6-14(17)9-13/h4-6,9,12,15H,7-8,10-11,18H2,1-3H3. The number of nitrogens with two attached hydrogens (primary N) is 1. The van der Waals surface area contributed by atoms with Crippen LogP contribution >= 0.6 is 0 Å². The first-order chi connectivity index (χ1) is 9.46. The minimum atomic E-state index is -0.194. The summed E-state index contributed by atoms with van der Waals surface area (Å²) in [4.78, 5) is 2.32. The third-order valence-corrected chi connectivity index (χ3v) is 4.60. The summed E-state index contributed by atoms with van der Waals surface area (Å²) in [6.45, 7) is 5.58. The van der Waals surface area contributed by atoms with E-state index in [0.29, 0.717) is 12.6 Å². The second-order valence-electron chi connectivity index (χ2n) is 6.05. The van der Waals surface area contributed by atoms with Crippen LogP contribution in [0.15, 0.2) is 24.3 Å². The fourth-order valence-corrected chi connectivity index (χ4v) is 3.06. The second kappa shape index (κ2) is 6.20. The average molecular weight is 280 g/mol. The van der Waals surface area contributed by atoms with Gasteiger partial charge >= 0.3 is 0 Å². The Kier molecular flexibility index (Phi) is 4.78. The van der Waals surface area contributed by atoms with Gasteiger partial charge in [0.2, 0.25) is 0 Å². The molecule has 0 radical (unpaired) electrons. The molecule has 0 bridgehead atoms. The summed E-state index contributed by atoms with van der Waals surface area (Å²) in [6.07, 6.45) is 1.98. The third kappa shape index (κ3) is 3.19. The van der Waals surface area contributed by atoms with E-state index in [1.807, 2.05) is 6.07 Å². The summed E-state index contributed by atoms with van der Waals surface area (Å²) < 4.78 is 19.0. The van der Waals surface area contributed by atoms with Crippen molar-refractivity contribution in [3.8, 4) is 0 Å². The lowest BCUT2D eigenvalue weighted by molar-refractivity contribution is 0.0360. The van der Waals surface area contributed by atoms with E-state index in [4.69, 9.17) is 10.5 Å². The summed E-state index contributed by atoms with van der Waals surface area (Å²) in [5, 5.41) is 0. The van der Waals surface area contributed by atoms with Crippen LogP contribution in [-0.4, -0.2) is 42.8 Å². The smallest absolute Gasteiger partial charge is 0.123 e. The van der Waals surface area contributed by atoms with E-state index in [0.717, 1.165) is 25.0 Å². The molecule has 0 aromatic heterocycles. The topological polar surface area (TPSA) is 38.5 Å². The van der Waals surface area contributed by atoms with Crippen molar-refractivity contribution in [2.24, 2.45) is 5.73 Å². The Labute approximate surface area is 120 Å². The minimum absolute atomic E-state index is 0.193. The normalized spacial score (nSPS) is 25.9. The molecular formula is C16H25FN2O. The zero-order valence-electron chi connectivity index (χ0n) is 12.6. The Hall–Kier alpha value is -0.970. The van der Waals surface area contributed by atoms with Crippen molar-refractivity contribution in [1.82, 2.24) is 4.90 Å². The van der Waals surface area contributed by atoms with Crippen LogP contribution in [0, 0.1) is 5.82 Å². The molecule has 1 aliphatic rings. The average Bonchev–Trinajstić information content (AvgIpc) is 2.84. The highest BCUT2D eigenvalue weighted by Gasteiger charge is 2.37. The van der Waals surface area contributed by atoms with Crippen molar-refractivity contribution in [3.05, 3.63) is 35.6 Å². The molecule has 3 atom stereocenters.